The van der Waals surface area contributed by atoms with Gasteiger partial charge in [-0.15, -0.1) is 0 Å². The van der Waals surface area contributed by atoms with Crippen LogP contribution in [0.2, 0.25) is 0 Å². The third-order valence-corrected chi connectivity index (χ3v) is 11.6. The number of allylic oxidation sites excluding steroid dienone is 4. The van der Waals surface area contributed by atoms with Crippen molar-refractivity contribution in [2.75, 3.05) is 13.2 Å². The van der Waals surface area contributed by atoms with Crippen molar-refractivity contribution < 1.29 is 53.8 Å². The molecule has 1 unspecified atom stereocenters. The molecular weight excluding hydrogens is 560 g/mol. The van der Waals surface area contributed by atoms with Gasteiger partial charge in [-0.2, -0.15) is 0 Å². The van der Waals surface area contributed by atoms with E-state index in [2.05, 4.69) is 0 Å². The normalized spacial score (nSPS) is 41.7. The highest BCUT2D eigenvalue weighted by atomic mass is 16.6. The van der Waals surface area contributed by atoms with Crippen LogP contribution < -0.4 is 0 Å². The van der Waals surface area contributed by atoms with E-state index in [9.17, 15) is 39.6 Å². The number of carbonyl (C=O) groups is 4. The number of hydrogen-bond donors (Lipinski definition) is 4. The smallest absolute Gasteiger partial charge is 0.334 e. The van der Waals surface area contributed by atoms with Crippen molar-refractivity contribution in [1.29, 1.82) is 0 Å². The summed E-state index contributed by atoms with van der Waals surface area (Å²) in [4.78, 5) is 50.9. The zero-order valence-corrected chi connectivity index (χ0v) is 25.3. The first kappa shape index (κ1) is 31.6. The maximum absolute atomic E-state index is 13.4. The van der Waals surface area contributed by atoms with Crippen LogP contribution in [0.5, 0.6) is 0 Å². The summed E-state index contributed by atoms with van der Waals surface area (Å²) in [5, 5.41) is 48.2. The Labute approximate surface area is 250 Å². The molecule has 9 atom stereocenters. The molecule has 2 fully saturated rings. The first-order valence-corrected chi connectivity index (χ1v) is 14.9. The molecule has 0 aromatic rings. The van der Waals surface area contributed by atoms with Crippen molar-refractivity contribution in [3.63, 3.8) is 0 Å². The highest BCUT2D eigenvalue weighted by Gasteiger charge is 2.82. The molecule has 11 heteroatoms. The van der Waals surface area contributed by atoms with E-state index in [1.165, 1.54) is 27.7 Å². The Hall–Kier alpha value is -2.86. The number of cyclic esters (lactones) is 1. The van der Waals surface area contributed by atoms with Gasteiger partial charge < -0.3 is 34.6 Å². The van der Waals surface area contributed by atoms with Gasteiger partial charge in [-0.3, -0.25) is 14.4 Å². The molecule has 4 aliphatic carbocycles. The Balaban J connectivity index is 1.70. The van der Waals surface area contributed by atoms with Crippen molar-refractivity contribution >= 4 is 23.7 Å². The van der Waals surface area contributed by atoms with Crippen LogP contribution in [0.3, 0.4) is 0 Å². The van der Waals surface area contributed by atoms with Crippen LogP contribution in [-0.2, 0) is 33.4 Å². The third-order valence-electron chi connectivity index (χ3n) is 11.6. The number of rotatable bonds is 6. The van der Waals surface area contributed by atoms with Crippen molar-refractivity contribution in [1.82, 2.24) is 0 Å². The number of hydrogen-bond acceptors (Lipinski definition) is 11. The molecule has 5 aliphatic rings. The number of fused-ring (bicyclic) bond motifs is 5. The highest BCUT2D eigenvalue weighted by Crippen LogP contribution is 2.71. The lowest BCUT2D eigenvalue weighted by molar-refractivity contribution is -0.299. The van der Waals surface area contributed by atoms with Crippen LogP contribution >= 0.6 is 0 Å². The second-order valence-electron chi connectivity index (χ2n) is 13.4. The Morgan fingerprint density at radius 2 is 1.86 bits per heavy atom. The minimum Gasteiger partial charge on any atom is -0.465 e. The first-order chi connectivity index (χ1) is 20.0. The summed E-state index contributed by atoms with van der Waals surface area (Å²) >= 11 is 0. The minimum absolute atomic E-state index is 0.00931. The molecule has 0 saturated heterocycles. The third kappa shape index (κ3) is 4.14. The molecule has 43 heavy (non-hydrogen) atoms. The largest absolute Gasteiger partial charge is 0.465 e. The van der Waals surface area contributed by atoms with Crippen LogP contribution in [0.15, 0.2) is 34.9 Å². The molecule has 4 N–H and O–H groups in total. The molecule has 11 nitrogen and oxygen atoms in total. The zero-order chi connectivity index (χ0) is 31.8. The van der Waals surface area contributed by atoms with Crippen molar-refractivity contribution in [2.24, 2.45) is 22.7 Å². The monoisotopic (exact) mass is 602 g/mol. The number of carbonyl (C=O) groups excluding carboxylic acids is 4. The van der Waals surface area contributed by atoms with Crippen molar-refractivity contribution in [3.8, 4) is 0 Å². The molecule has 0 aromatic carbocycles. The summed E-state index contributed by atoms with van der Waals surface area (Å²) in [6, 6.07) is 0. The zero-order valence-electron chi connectivity index (χ0n) is 25.3. The predicted molar refractivity (Wildman–Crippen MR) is 150 cm³/mol. The molecule has 1 aliphatic heterocycles. The maximum Gasteiger partial charge on any atom is 0.334 e. The number of esters is 3. The van der Waals surface area contributed by atoms with Crippen LogP contribution in [0, 0.1) is 22.7 Å². The van der Waals surface area contributed by atoms with E-state index in [1.807, 2.05) is 19.1 Å². The van der Waals surface area contributed by atoms with E-state index >= 15 is 0 Å². The molecule has 236 valence electrons. The quantitative estimate of drug-likeness (QED) is 0.197. The van der Waals surface area contributed by atoms with Crippen molar-refractivity contribution in [3.05, 3.63) is 34.9 Å². The molecule has 0 spiro atoms. The van der Waals surface area contributed by atoms with E-state index in [-0.39, 0.29) is 24.2 Å². The average molecular weight is 603 g/mol. The van der Waals surface area contributed by atoms with Gasteiger partial charge in [0.2, 0.25) is 0 Å². The second-order valence-corrected chi connectivity index (χ2v) is 13.4. The molecule has 5 rings (SSSR count). The second kappa shape index (κ2) is 10.4. The first-order valence-electron chi connectivity index (χ1n) is 14.9. The lowest BCUT2D eigenvalue weighted by Crippen LogP contribution is -2.75. The molecular formula is C32H42O11. The maximum atomic E-state index is 13.4. The number of aliphatic hydroxyl groups excluding tert-OH is 1. The fourth-order valence-electron chi connectivity index (χ4n) is 9.12. The summed E-state index contributed by atoms with van der Waals surface area (Å²) in [5.74, 6) is -3.44. The Bertz CT molecular complexity index is 1340. The summed E-state index contributed by atoms with van der Waals surface area (Å²) in [6.07, 6.45) is 3.18. The standard InChI is InChI=1S/C32H42O11/c1-17-20(15-33)13-25(43-27(17)37)29(5,38)31(39)14-26(42-19(3)35)32(40)23-10-9-21-7-6-8-24(36)28(21,4)22(23)11-12-30(31,32)16-41-18(2)34/h6,8-9,22-23,25-26,33,38-40H,7,10-16H2,1-5H3/t22-,23+,25+,26-,28-,29?,30-,31+,32-/m0/s1. The molecule has 2 saturated carbocycles. The minimum atomic E-state index is -2.34. The van der Waals surface area contributed by atoms with Gasteiger partial charge in [0, 0.05) is 32.3 Å². The molecule has 0 amide bonds. The van der Waals surface area contributed by atoms with Gasteiger partial charge in [0.1, 0.15) is 35.6 Å². The number of ether oxygens (including phenoxy) is 3. The van der Waals surface area contributed by atoms with Gasteiger partial charge in [0.05, 0.1) is 17.4 Å². The summed E-state index contributed by atoms with van der Waals surface area (Å²) in [5.41, 5.74) is -8.00. The van der Waals surface area contributed by atoms with Crippen LogP contribution in [0.4, 0.5) is 0 Å². The molecule has 1 heterocycles. The van der Waals surface area contributed by atoms with E-state index in [0.29, 0.717) is 24.8 Å². The van der Waals surface area contributed by atoms with Gasteiger partial charge in [0.15, 0.2) is 5.78 Å². The SMILES string of the molecule is CC(=O)OC[C@]12CC[C@H]3[C@@H](CC=C4CC=CC(=O)[C@@]43C)[C@]1(O)[C@@H](OC(C)=O)C[C@@]2(O)C(C)(O)[C@H]1CC(CO)=C(C)C(=O)O1. The van der Waals surface area contributed by atoms with E-state index in [0.717, 1.165) is 5.57 Å². The summed E-state index contributed by atoms with van der Waals surface area (Å²) in [7, 11) is 0. The van der Waals surface area contributed by atoms with Gasteiger partial charge >= 0.3 is 17.9 Å². The summed E-state index contributed by atoms with van der Waals surface area (Å²) < 4.78 is 16.9. The lowest BCUT2D eigenvalue weighted by atomic mass is 9.44. The fourth-order valence-corrected chi connectivity index (χ4v) is 9.12. The van der Waals surface area contributed by atoms with Crippen LogP contribution in [-0.4, -0.2) is 86.3 Å². The van der Waals surface area contributed by atoms with Crippen LogP contribution in [0.25, 0.3) is 0 Å². The van der Waals surface area contributed by atoms with Gasteiger partial charge in [0.25, 0.3) is 0 Å². The van der Waals surface area contributed by atoms with E-state index in [4.69, 9.17) is 14.2 Å². The van der Waals surface area contributed by atoms with Crippen molar-refractivity contribution in [2.45, 2.75) is 102 Å². The highest BCUT2D eigenvalue weighted by molar-refractivity contribution is 5.98. The molecule has 0 radical (unpaired) electrons. The average Bonchev–Trinajstić information content (AvgIpc) is 3.13. The Kier molecular flexibility index (Phi) is 7.60. The fraction of sp³-hybridized carbons (Fsp3) is 0.688. The van der Waals surface area contributed by atoms with Gasteiger partial charge in [-0.05, 0) is 69.9 Å². The van der Waals surface area contributed by atoms with E-state index in [1.54, 1.807) is 6.08 Å². The number of aliphatic hydroxyl groups is 4. The Morgan fingerprint density at radius 3 is 2.49 bits per heavy atom. The van der Waals surface area contributed by atoms with Gasteiger partial charge in [-0.1, -0.05) is 17.7 Å². The predicted octanol–water partition coefficient (Wildman–Crippen LogP) is 1.60. The topological polar surface area (TPSA) is 177 Å². The Morgan fingerprint density at radius 1 is 1.16 bits per heavy atom. The lowest BCUT2D eigenvalue weighted by Gasteiger charge is -2.63. The summed E-state index contributed by atoms with van der Waals surface area (Å²) in [6.45, 7) is 6.00. The number of ketones is 1. The molecule has 0 bridgehead atoms. The van der Waals surface area contributed by atoms with Gasteiger partial charge in [-0.25, -0.2) is 4.79 Å². The van der Waals surface area contributed by atoms with Crippen LogP contribution in [0.1, 0.15) is 73.1 Å². The molecule has 0 aromatic heterocycles. The van der Waals surface area contributed by atoms with E-state index < -0.39 is 89.2 Å².